The highest BCUT2D eigenvalue weighted by Gasteiger charge is 2.45. The van der Waals surface area contributed by atoms with E-state index in [-0.39, 0.29) is 37.4 Å². The number of aliphatic hydroxyl groups excluding tert-OH is 1. The fraction of sp³-hybridized carbons (Fsp3) is 0.643. The molecule has 3 aliphatic rings. The van der Waals surface area contributed by atoms with Gasteiger partial charge in [0.25, 0.3) is 0 Å². The van der Waals surface area contributed by atoms with E-state index in [9.17, 15) is 14.7 Å². The number of hydrogen-bond donors (Lipinski definition) is 2. The third-order valence-corrected chi connectivity index (χ3v) is 7.89. The molecule has 1 aliphatic heterocycles. The van der Waals surface area contributed by atoms with Crippen LogP contribution in [0.1, 0.15) is 82.2 Å². The third kappa shape index (κ3) is 6.38. The quantitative estimate of drug-likeness (QED) is 0.473. The van der Waals surface area contributed by atoms with Crippen molar-refractivity contribution in [2.24, 2.45) is 11.3 Å². The number of benzene rings is 1. The Labute approximate surface area is 228 Å². The molecule has 9 nitrogen and oxygen atoms in total. The van der Waals surface area contributed by atoms with Crippen molar-refractivity contribution >= 4 is 23.4 Å². The molecule has 3 fully saturated rings. The molecule has 10 heteroatoms. The first-order valence-corrected chi connectivity index (χ1v) is 14.0. The molecule has 2 N–H and O–H groups in total. The Kier molecular flexibility index (Phi) is 7.80. The zero-order valence-corrected chi connectivity index (χ0v) is 23.1. The molecule has 2 heterocycles. The lowest BCUT2D eigenvalue weighted by molar-refractivity contribution is -0.144. The number of hydrogen-bond acceptors (Lipinski definition) is 6. The average Bonchev–Trinajstić information content (AvgIpc) is 3.79. The van der Waals surface area contributed by atoms with E-state index in [2.05, 4.69) is 15.6 Å². The first-order valence-electron chi connectivity index (χ1n) is 13.6. The Morgan fingerprint density at radius 3 is 2.53 bits per heavy atom. The Morgan fingerprint density at radius 1 is 1.18 bits per heavy atom. The van der Waals surface area contributed by atoms with Crippen LogP contribution < -0.4 is 5.32 Å². The molecule has 2 aliphatic carbocycles. The second kappa shape index (κ2) is 10.9. The maximum atomic E-state index is 13.9. The average molecular weight is 544 g/mol. The number of aliphatic hydroxyl groups is 1. The molecule has 2 aromatic rings. The van der Waals surface area contributed by atoms with Gasteiger partial charge >= 0.3 is 0 Å². The topological polar surface area (TPSA) is 110 Å². The van der Waals surface area contributed by atoms with Crippen LogP contribution in [0.15, 0.2) is 30.5 Å². The van der Waals surface area contributed by atoms with Gasteiger partial charge in [-0.15, -0.1) is 5.10 Å². The second-order valence-electron chi connectivity index (χ2n) is 12.1. The number of nitrogens with one attached hydrogen (secondary N) is 1. The van der Waals surface area contributed by atoms with E-state index in [1.165, 1.54) is 17.7 Å². The summed E-state index contributed by atoms with van der Waals surface area (Å²) >= 11 is 6.07. The summed E-state index contributed by atoms with van der Waals surface area (Å²) in [6.45, 7) is 6.94. The molecule has 0 spiro atoms. The summed E-state index contributed by atoms with van der Waals surface area (Å²) in [5, 5.41) is 22.7. The predicted octanol–water partition coefficient (Wildman–Crippen LogP) is 3.64. The molecule has 206 valence electrons. The summed E-state index contributed by atoms with van der Waals surface area (Å²) in [7, 11) is 0. The van der Waals surface area contributed by atoms with Gasteiger partial charge < -0.3 is 20.1 Å². The largest absolute Gasteiger partial charge is 0.391 e. The Hall–Kier alpha value is -2.49. The fourth-order valence-electron chi connectivity index (χ4n) is 5.12. The normalized spacial score (nSPS) is 23.3. The molecule has 1 aromatic carbocycles. The van der Waals surface area contributed by atoms with Crippen molar-refractivity contribution in [2.45, 2.75) is 83.1 Å². The van der Waals surface area contributed by atoms with Crippen molar-refractivity contribution in [2.75, 3.05) is 19.7 Å². The number of rotatable bonds is 10. The number of halogens is 1. The van der Waals surface area contributed by atoms with E-state index in [0.29, 0.717) is 23.5 Å². The zero-order valence-electron chi connectivity index (χ0n) is 22.3. The fourth-order valence-corrected chi connectivity index (χ4v) is 5.25. The molecule has 0 radical (unpaired) electrons. The number of likely N-dealkylation sites (tertiary alicyclic amines) is 1. The first kappa shape index (κ1) is 27.1. The van der Waals surface area contributed by atoms with Crippen LogP contribution in [0.2, 0.25) is 5.02 Å². The lowest BCUT2D eigenvalue weighted by Crippen LogP contribution is -2.50. The van der Waals surface area contributed by atoms with E-state index >= 15 is 0 Å². The van der Waals surface area contributed by atoms with Crippen LogP contribution >= 0.6 is 11.6 Å². The Morgan fingerprint density at radius 2 is 1.89 bits per heavy atom. The summed E-state index contributed by atoms with van der Waals surface area (Å²) in [5.74, 6) is 0.460. The second-order valence-corrected chi connectivity index (χ2v) is 12.6. The van der Waals surface area contributed by atoms with Gasteiger partial charge in [0.15, 0.2) is 0 Å². The van der Waals surface area contributed by atoms with Crippen molar-refractivity contribution < 1.29 is 19.4 Å². The maximum Gasteiger partial charge on any atom is 0.248 e. The molecule has 5 rings (SSSR count). The number of ether oxygens (including phenoxy) is 1. The molecular weight excluding hydrogens is 506 g/mol. The van der Waals surface area contributed by atoms with E-state index in [4.69, 9.17) is 16.3 Å². The van der Waals surface area contributed by atoms with Crippen LogP contribution in [-0.4, -0.2) is 68.7 Å². The van der Waals surface area contributed by atoms with Crippen molar-refractivity contribution in [1.82, 2.24) is 25.2 Å². The highest BCUT2D eigenvalue weighted by Crippen LogP contribution is 2.40. The van der Waals surface area contributed by atoms with Crippen LogP contribution in [0.25, 0.3) is 0 Å². The van der Waals surface area contributed by atoms with Gasteiger partial charge in [-0.2, -0.15) is 0 Å². The summed E-state index contributed by atoms with van der Waals surface area (Å²) in [6.07, 6.45) is 5.47. The van der Waals surface area contributed by atoms with E-state index in [1.54, 1.807) is 4.68 Å². The summed E-state index contributed by atoms with van der Waals surface area (Å²) in [5.41, 5.74) is 1.36. The van der Waals surface area contributed by atoms with Gasteiger partial charge in [-0.25, -0.2) is 4.68 Å². The zero-order chi connectivity index (χ0) is 27.0. The molecule has 4 atom stereocenters. The van der Waals surface area contributed by atoms with Gasteiger partial charge in [-0.05, 0) is 54.7 Å². The Balaban J connectivity index is 1.29. The van der Waals surface area contributed by atoms with Crippen LogP contribution in [-0.2, 0) is 14.3 Å². The maximum absolute atomic E-state index is 13.9. The predicted molar refractivity (Wildman–Crippen MR) is 142 cm³/mol. The van der Waals surface area contributed by atoms with Gasteiger partial charge in [0, 0.05) is 36.6 Å². The molecule has 0 bridgehead atoms. The monoisotopic (exact) mass is 543 g/mol. The van der Waals surface area contributed by atoms with Crippen molar-refractivity contribution in [3.8, 4) is 0 Å². The minimum atomic E-state index is -0.775. The van der Waals surface area contributed by atoms with Crippen LogP contribution in [0.4, 0.5) is 0 Å². The molecule has 2 saturated carbocycles. The SMILES string of the molecule is CC(C)(C)[C@@H](C(=O)N1C[C@H](O)C[C@H]1C(=O)NCC(OCC1CC1)c1ccc(Cl)cc1)n1cc(C2CC2)nn1. The number of β-amino-alcohol motifs (C(OH)–C–C–N with tert-alkyl or cyclic N) is 1. The van der Waals surface area contributed by atoms with Crippen LogP contribution in [0, 0.1) is 11.3 Å². The highest BCUT2D eigenvalue weighted by atomic mass is 35.5. The van der Waals surface area contributed by atoms with Gasteiger partial charge in [0.05, 0.1) is 24.5 Å². The minimum absolute atomic E-state index is 0.104. The summed E-state index contributed by atoms with van der Waals surface area (Å²) in [6, 6.07) is 6.01. The lowest BCUT2D eigenvalue weighted by atomic mass is 9.85. The molecule has 38 heavy (non-hydrogen) atoms. The first-order chi connectivity index (χ1) is 18.1. The van der Waals surface area contributed by atoms with E-state index in [1.807, 2.05) is 51.2 Å². The van der Waals surface area contributed by atoms with Gasteiger partial charge in [0.1, 0.15) is 12.1 Å². The van der Waals surface area contributed by atoms with Gasteiger partial charge in [0.2, 0.25) is 11.8 Å². The van der Waals surface area contributed by atoms with Crippen molar-refractivity contribution in [3.05, 3.63) is 46.7 Å². The standard InChI is InChI=1S/C28H38ClN5O4/c1-28(2,3)25(34-15-22(31-32-34)18-6-7-18)27(37)33-14-21(35)12-23(33)26(36)30-13-24(38-16-17-4-5-17)19-8-10-20(29)11-9-19/h8-11,15,17-18,21,23-25,35H,4-7,12-14,16H2,1-3H3,(H,30,36)/t21-,23+,24?,25-/m1/s1. The number of nitrogens with zero attached hydrogens (tertiary/aromatic N) is 4. The molecule has 1 unspecified atom stereocenters. The highest BCUT2D eigenvalue weighted by molar-refractivity contribution is 6.30. The Bertz CT molecular complexity index is 1140. The van der Waals surface area contributed by atoms with Crippen LogP contribution in [0.3, 0.4) is 0 Å². The number of amides is 2. The third-order valence-electron chi connectivity index (χ3n) is 7.64. The van der Waals surface area contributed by atoms with Crippen molar-refractivity contribution in [1.29, 1.82) is 0 Å². The summed E-state index contributed by atoms with van der Waals surface area (Å²) < 4.78 is 7.80. The minimum Gasteiger partial charge on any atom is -0.391 e. The van der Waals surface area contributed by atoms with Crippen LogP contribution in [0.5, 0.6) is 0 Å². The lowest BCUT2D eigenvalue weighted by Gasteiger charge is -2.34. The van der Waals surface area contributed by atoms with Crippen molar-refractivity contribution in [3.63, 3.8) is 0 Å². The molecule has 1 aromatic heterocycles. The summed E-state index contributed by atoms with van der Waals surface area (Å²) in [4.78, 5) is 28.9. The molecule has 2 amide bonds. The van der Waals surface area contributed by atoms with Gasteiger partial charge in [-0.1, -0.05) is 49.7 Å². The van der Waals surface area contributed by atoms with E-state index < -0.39 is 23.6 Å². The number of carbonyl (C=O) groups excluding carboxylic acids is 2. The molecule has 1 saturated heterocycles. The molecular formula is C28H38ClN5O4. The smallest absolute Gasteiger partial charge is 0.248 e. The van der Waals surface area contributed by atoms with E-state index in [0.717, 1.165) is 24.1 Å². The number of aromatic nitrogens is 3. The van der Waals surface area contributed by atoms with Gasteiger partial charge in [-0.3, -0.25) is 9.59 Å². The number of carbonyl (C=O) groups is 2.